The molecular weight excluding hydrogens is 1400 g/mol. The quantitative estimate of drug-likeness (QED) is 0.100. The first-order chi connectivity index (χ1) is 53.9. The number of fused-ring (bicyclic) bond motifs is 12. The van der Waals surface area contributed by atoms with E-state index in [1.54, 1.807) is 22.7 Å². The van der Waals surface area contributed by atoms with Crippen molar-refractivity contribution in [2.45, 2.75) is 38.9 Å². The standard InChI is InChI=1S/C46H29N3S.C30H28BNO2.C22H13ClN2S/c1-2-13-30(14-3-1)31-15-10-18-34(27-31)43-45-44(39-23-6-9-26-42(39)50-45)48-46(47-43)35-19-11-16-32(28-35)33-17-12-20-36(29-33)49-40-24-7-4-21-37(40)38-22-5-8-25-41(38)49;1-29(2)30(3,4)34-31(33-29)23-13-9-11-21(19-23)22-12-10-14-24(20-22)32-27-17-7-5-15-25(27)26-16-6-8-18-28(26)32;23-22-24-19(21-20(25-22)17-11-4-5-12-18(17)26-21)16-10-6-9-15(13-16)14-7-2-1-3-8-14/h1-29H;5-20H,1-4H3;1-13H. The monoisotopic (exact) mass is 1470 g/mol. The molecule has 14 aromatic carbocycles. The van der Waals surface area contributed by atoms with Crippen LogP contribution in [0.3, 0.4) is 0 Å². The molecule has 0 saturated carbocycles. The minimum absolute atomic E-state index is 0.279. The van der Waals surface area contributed by atoms with E-state index in [0.717, 1.165) is 110 Å². The summed E-state index contributed by atoms with van der Waals surface area (Å²) in [5.74, 6) is 0.724. The van der Waals surface area contributed by atoms with Crippen molar-refractivity contribution in [2.24, 2.45) is 0 Å². The van der Waals surface area contributed by atoms with Crippen LogP contribution in [0.1, 0.15) is 27.7 Å². The van der Waals surface area contributed by atoms with Crippen molar-refractivity contribution in [1.29, 1.82) is 0 Å². The average Bonchev–Trinajstić information content (AvgIpc) is 1.60. The van der Waals surface area contributed by atoms with E-state index in [1.807, 2.05) is 30.3 Å². The zero-order valence-corrected chi connectivity index (χ0v) is 63.1. The molecule has 1 aliphatic rings. The summed E-state index contributed by atoms with van der Waals surface area (Å²) < 4.78 is 21.9. The number of hydrogen-bond donors (Lipinski definition) is 0. The first-order valence-corrected chi connectivity index (χ1v) is 39.0. The Hall–Kier alpha value is -12.4. The van der Waals surface area contributed by atoms with Gasteiger partial charge in [-0.05, 0) is 168 Å². The summed E-state index contributed by atoms with van der Waals surface area (Å²) in [4.78, 5) is 19.6. The lowest BCUT2D eigenvalue weighted by Gasteiger charge is -2.32. The molecule has 0 spiro atoms. The average molecular weight is 1470 g/mol. The number of thiophene rings is 2. The maximum atomic E-state index is 6.29. The van der Waals surface area contributed by atoms with Crippen LogP contribution in [0.4, 0.5) is 0 Å². The van der Waals surface area contributed by atoms with Crippen LogP contribution in [-0.2, 0) is 9.31 Å². The predicted molar refractivity (Wildman–Crippen MR) is 464 cm³/mol. The molecule has 0 N–H and O–H groups in total. The van der Waals surface area contributed by atoms with E-state index in [9.17, 15) is 0 Å². The Bertz CT molecular complexity index is 6800. The minimum atomic E-state index is -0.370. The molecule has 0 aliphatic carbocycles. The van der Waals surface area contributed by atoms with Crippen molar-refractivity contribution in [3.63, 3.8) is 0 Å². The summed E-state index contributed by atoms with van der Waals surface area (Å²) in [5.41, 5.74) is 23.6. The Morgan fingerprint density at radius 1 is 0.291 bits per heavy atom. The number of hydrogen-bond acceptors (Lipinski definition) is 8. The summed E-state index contributed by atoms with van der Waals surface area (Å²) in [6.07, 6.45) is 0. The Morgan fingerprint density at radius 2 is 0.618 bits per heavy atom. The fraction of sp³-hybridized carbons (Fsp3) is 0.0612. The molecule has 20 aromatic rings. The van der Waals surface area contributed by atoms with Gasteiger partial charge in [0.1, 0.15) is 0 Å². The summed E-state index contributed by atoms with van der Waals surface area (Å²) in [6, 6.07) is 124. The van der Waals surface area contributed by atoms with E-state index in [-0.39, 0.29) is 23.6 Å². The second kappa shape index (κ2) is 28.3. The normalized spacial score (nSPS) is 13.2. The topological polar surface area (TPSA) is 79.9 Å². The summed E-state index contributed by atoms with van der Waals surface area (Å²) in [5, 5.41) is 7.62. The van der Waals surface area contributed by atoms with E-state index in [4.69, 9.17) is 30.9 Å². The molecule has 6 aromatic heterocycles. The molecule has 21 rings (SSSR count). The van der Waals surface area contributed by atoms with Gasteiger partial charge in [-0.25, -0.2) is 19.9 Å². The molecule has 526 valence electrons. The van der Waals surface area contributed by atoms with Crippen molar-refractivity contribution >= 4 is 131 Å². The van der Waals surface area contributed by atoms with Crippen LogP contribution >= 0.6 is 34.3 Å². The molecule has 8 nitrogen and oxygen atoms in total. The van der Waals surface area contributed by atoms with Gasteiger partial charge in [0, 0.05) is 69.8 Å². The van der Waals surface area contributed by atoms with Crippen LogP contribution in [0.2, 0.25) is 5.28 Å². The van der Waals surface area contributed by atoms with Gasteiger partial charge in [0.2, 0.25) is 5.28 Å². The van der Waals surface area contributed by atoms with Crippen LogP contribution < -0.4 is 5.46 Å². The first-order valence-electron chi connectivity index (χ1n) is 37.0. The number of aromatic nitrogens is 6. The largest absolute Gasteiger partial charge is 0.494 e. The van der Waals surface area contributed by atoms with Gasteiger partial charge in [0.25, 0.3) is 0 Å². The van der Waals surface area contributed by atoms with E-state index in [0.29, 0.717) is 0 Å². The zero-order chi connectivity index (χ0) is 74.0. The van der Waals surface area contributed by atoms with Crippen molar-refractivity contribution < 1.29 is 9.31 Å². The van der Waals surface area contributed by atoms with Crippen molar-refractivity contribution in [2.75, 3.05) is 0 Å². The van der Waals surface area contributed by atoms with Crippen LogP contribution in [-0.4, -0.2) is 47.4 Å². The Kier molecular flexibility index (Phi) is 17.5. The highest BCUT2D eigenvalue weighted by Gasteiger charge is 2.51. The number of rotatable bonds is 10. The molecule has 0 radical (unpaired) electrons. The lowest BCUT2D eigenvalue weighted by atomic mass is 9.78. The third kappa shape index (κ3) is 12.6. The van der Waals surface area contributed by atoms with Crippen molar-refractivity contribution in [3.05, 3.63) is 357 Å². The SMILES string of the molecule is CC1(C)OB(c2cccc(-c3cccc(-n4c5ccccc5c5ccccc54)c3)c2)OC1(C)C.Clc1nc(-c2cccc(-c3ccccc3)c2)c2sc3ccccc3c2n1.c1ccc(-c2cccc(-c3nc(-c4cccc(-c5cccc(-n6c7ccccc7c7ccccc76)c5)c4)nc4c3sc3ccccc34)c2)cc1. The molecular formula is C98H70BClN6O2S2. The van der Waals surface area contributed by atoms with Crippen LogP contribution in [0.5, 0.6) is 0 Å². The molecule has 12 heteroatoms. The molecule has 110 heavy (non-hydrogen) atoms. The lowest BCUT2D eigenvalue weighted by molar-refractivity contribution is 0.00578. The van der Waals surface area contributed by atoms with E-state index in [1.165, 1.54) is 69.7 Å². The predicted octanol–water partition coefficient (Wildman–Crippen LogP) is 26.2. The third-order valence-electron chi connectivity index (χ3n) is 21.5. The van der Waals surface area contributed by atoms with Gasteiger partial charge in [0.05, 0.1) is 65.1 Å². The molecule has 0 unspecified atom stereocenters. The first kappa shape index (κ1) is 68.1. The minimum Gasteiger partial charge on any atom is -0.399 e. The van der Waals surface area contributed by atoms with E-state index >= 15 is 0 Å². The molecule has 0 atom stereocenters. The van der Waals surface area contributed by atoms with Gasteiger partial charge in [0.15, 0.2) is 5.82 Å². The fourth-order valence-electron chi connectivity index (χ4n) is 15.4. The maximum Gasteiger partial charge on any atom is 0.494 e. The third-order valence-corrected chi connectivity index (χ3v) is 24.0. The molecule has 1 saturated heterocycles. The van der Waals surface area contributed by atoms with Gasteiger partial charge in [-0.15, -0.1) is 22.7 Å². The van der Waals surface area contributed by atoms with Gasteiger partial charge < -0.3 is 18.4 Å². The van der Waals surface area contributed by atoms with E-state index in [2.05, 4.69) is 368 Å². The fourth-order valence-corrected chi connectivity index (χ4v) is 17.8. The van der Waals surface area contributed by atoms with Gasteiger partial charge in [-0.2, -0.15) is 0 Å². The zero-order valence-electron chi connectivity index (χ0n) is 60.8. The molecule has 1 fully saturated rings. The van der Waals surface area contributed by atoms with Crippen molar-refractivity contribution in [3.8, 4) is 89.8 Å². The molecule has 1 aliphatic heterocycles. The summed E-state index contributed by atoms with van der Waals surface area (Å²) in [7, 11) is -0.370. The van der Waals surface area contributed by atoms with Gasteiger partial charge >= 0.3 is 7.12 Å². The summed E-state index contributed by atoms with van der Waals surface area (Å²) in [6.45, 7) is 8.36. The van der Waals surface area contributed by atoms with Gasteiger partial charge in [-0.1, -0.05) is 273 Å². The summed E-state index contributed by atoms with van der Waals surface area (Å²) >= 11 is 9.74. The Morgan fingerprint density at radius 3 is 1.08 bits per heavy atom. The lowest BCUT2D eigenvalue weighted by Crippen LogP contribution is -2.41. The molecule has 7 heterocycles. The number of nitrogens with zero attached hydrogens (tertiary/aromatic N) is 6. The van der Waals surface area contributed by atoms with Crippen molar-refractivity contribution in [1.82, 2.24) is 29.1 Å². The van der Waals surface area contributed by atoms with Crippen LogP contribution in [0, 0.1) is 0 Å². The van der Waals surface area contributed by atoms with Crippen LogP contribution in [0.25, 0.3) is 174 Å². The highest BCUT2D eigenvalue weighted by atomic mass is 35.5. The second-order valence-corrected chi connectivity index (χ2v) is 31.3. The number of benzene rings is 14. The number of halogens is 1. The molecule has 0 amide bonds. The Labute approximate surface area is 650 Å². The van der Waals surface area contributed by atoms with E-state index < -0.39 is 0 Å². The van der Waals surface area contributed by atoms with Crippen LogP contribution in [0.15, 0.2) is 352 Å². The highest BCUT2D eigenvalue weighted by Crippen LogP contribution is 2.44. The second-order valence-electron chi connectivity index (χ2n) is 28.8. The maximum absolute atomic E-state index is 6.29. The molecule has 0 bridgehead atoms. The smallest absolute Gasteiger partial charge is 0.399 e. The number of para-hydroxylation sites is 4. The Balaban J connectivity index is 0.000000119. The van der Waals surface area contributed by atoms with Gasteiger partial charge in [-0.3, -0.25) is 0 Å². The highest BCUT2D eigenvalue weighted by molar-refractivity contribution is 7.26.